The van der Waals surface area contributed by atoms with Crippen LogP contribution >= 0.6 is 0 Å². The van der Waals surface area contributed by atoms with Crippen LogP contribution in [0.5, 0.6) is 5.75 Å². The molecule has 0 spiro atoms. The van der Waals surface area contributed by atoms with Gasteiger partial charge in [0.2, 0.25) is 5.91 Å². The fourth-order valence-corrected chi connectivity index (χ4v) is 3.48. The van der Waals surface area contributed by atoms with Gasteiger partial charge in [-0.2, -0.15) is 0 Å². The van der Waals surface area contributed by atoms with Crippen LogP contribution in [0, 0.1) is 13.8 Å². The van der Waals surface area contributed by atoms with Crippen LogP contribution in [-0.4, -0.2) is 49.3 Å². The van der Waals surface area contributed by atoms with Crippen LogP contribution in [0.3, 0.4) is 0 Å². The number of hydrogen-bond donors (Lipinski definition) is 0. The Balaban J connectivity index is 1.62. The highest BCUT2D eigenvalue weighted by Crippen LogP contribution is 2.26. The molecule has 0 unspecified atom stereocenters. The summed E-state index contributed by atoms with van der Waals surface area (Å²) in [7, 11) is 1.67. The van der Waals surface area contributed by atoms with Gasteiger partial charge >= 0.3 is 0 Å². The minimum absolute atomic E-state index is 0.142. The van der Waals surface area contributed by atoms with Crippen molar-refractivity contribution < 1.29 is 14.1 Å². The molecule has 1 amide bonds. The Labute approximate surface area is 148 Å². The van der Waals surface area contributed by atoms with Crippen LogP contribution in [-0.2, 0) is 4.79 Å². The summed E-state index contributed by atoms with van der Waals surface area (Å²) in [5.74, 6) is 1.50. The zero-order chi connectivity index (χ0) is 18.0. The molecule has 1 aromatic carbocycles. The molecule has 0 saturated carbocycles. The van der Waals surface area contributed by atoms with Crippen molar-refractivity contribution in [2.45, 2.75) is 26.7 Å². The molecule has 1 aliphatic heterocycles. The lowest BCUT2D eigenvalue weighted by Gasteiger charge is -2.37. The van der Waals surface area contributed by atoms with Crippen molar-refractivity contribution in [2.24, 2.45) is 0 Å². The lowest BCUT2D eigenvalue weighted by atomic mass is 9.97. The molecule has 1 fully saturated rings. The molecule has 134 valence electrons. The van der Waals surface area contributed by atoms with Gasteiger partial charge in [-0.1, -0.05) is 5.16 Å². The van der Waals surface area contributed by atoms with E-state index >= 15 is 0 Å². The molecule has 6 nitrogen and oxygen atoms in total. The topological polar surface area (TPSA) is 58.8 Å². The third-order valence-corrected chi connectivity index (χ3v) is 4.92. The summed E-state index contributed by atoms with van der Waals surface area (Å²) < 4.78 is 10.4. The number of rotatable bonds is 4. The lowest BCUT2D eigenvalue weighted by molar-refractivity contribution is -0.132. The lowest BCUT2D eigenvalue weighted by Crippen LogP contribution is -2.49. The monoisotopic (exact) mass is 343 g/mol. The normalized spacial score (nSPS) is 16.0. The minimum Gasteiger partial charge on any atom is -0.497 e. The zero-order valence-electron chi connectivity index (χ0n) is 15.3. The van der Waals surface area contributed by atoms with Crippen LogP contribution in [0.4, 0.5) is 5.69 Å². The quantitative estimate of drug-likeness (QED) is 0.854. The predicted molar refractivity (Wildman–Crippen MR) is 96.2 cm³/mol. The van der Waals surface area contributed by atoms with Crippen molar-refractivity contribution in [1.29, 1.82) is 0 Å². The van der Waals surface area contributed by atoms with Crippen molar-refractivity contribution in [3.05, 3.63) is 41.3 Å². The highest BCUT2D eigenvalue weighted by Gasteiger charge is 2.29. The molecule has 1 aromatic heterocycles. The Bertz CT molecular complexity index is 711. The molecule has 1 saturated heterocycles. The van der Waals surface area contributed by atoms with Crippen molar-refractivity contribution in [2.75, 3.05) is 38.2 Å². The Morgan fingerprint density at radius 2 is 1.80 bits per heavy atom. The molecule has 1 aliphatic rings. The van der Waals surface area contributed by atoms with Gasteiger partial charge < -0.3 is 19.1 Å². The van der Waals surface area contributed by atoms with Gasteiger partial charge in [0.1, 0.15) is 11.5 Å². The van der Waals surface area contributed by atoms with E-state index in [9.17, 15) is 4.79 Å². The van der Waals surface area contributed by atoms with Gasteiger partial charge in [-0.3, -0.25) is 4.79 Å². The molecule has 25 heavy (non-hydrogen) atoms. The fourth-order valence-electron chi connectivity index (χ4n) is 3.48. The van der Waals surface area contributed by atoms with E-state index in [4.69, 9.17) is 9.26 Å². The number of aryl methyl sites for hydroxylation is 2. The van der Waals surface area contributed by atoms with Crippen LogP contribution in [0.25, 0.3) is 0 Å². The molecule has 0 aliphatic carbocycles. The number of methoxy groups -OCH3 is 1. The van der Waals surface area contributed by atoms with E-state index in [0.29, 0.717) is 0 Å². The predicted octanol–water partition coefficient (Wildman–Crippen LogP) is 2.75. The molecule has 3 rings (SSSR count). The standard InChI is InChI=1S/C19H25N3O3/c1-13(18-14(2)20-25-15(18)3)19(23)22-11-9-21(10-12-22)16-5-7-17(24-4)8-6-16/h5-8,13H,9-12H2,1-4H3/t13-/m0/s1. The van der Waals surface area contributed by atoms with E-state index < -0.39 is 0 Å². The second-order valence-electron chi connectivity index (χ2n) is 6.47. The molecule has 6 heteroatoms. The number of carbonyl (C=O) groups excluding carboxylic acids is 1. The summed E-state index contributed by atoms with van der Waals surface area (Å²) in [6.45, 7) is 8.78. The fraction of sp³-hybridized carbons (Fsp3) is 0.474. The Morgan fingerprint density at radius 1 is 1.16 bits per heavy atom. The van der Waals surface area contributed by atoms with Gasteiger partial charge in [0, 0.05) is 37.4 Å². The molecule has 2 aromatic rings. The summed E-state index contributed by atoms with van der Waals surface area (Å²) >= 11 is 0. The molecule has 0 radical (unpaired) electrons. The first-order chi connectivity index (χ1) is 12.0. The highest BCUT2D eigenvalue weighted by atomic mass is 16.5. The van der Waals surface area contributed by atoms with Crippen LogP contribution in [0.1, 0.15) is 29.9 Å². The first-order valence-corrected chi connectivity index (χ1v) is 8.61. The van der Waals surface area contributed by atoms with Crippen LogP contribution < -0.4 is 9.64 Å². The number of aromatic nitrogens is 1. The average Bonchev–Trinajstić information content (AvgIpc) is 2.99. The van der Waals surface area contributed by atoms with Crippen molar-refractivity contribution in [1.82, 2.24) is 10.1 Å². The largest absolute Gasteiger partial charge is 0.497 e. The number of nitrogens with zero attached hydrogens (tertiary/aromatic N) is 3. The summed E-state index contributed by atoms with van der Waals surface area (Å²) in [6.07, 6.45) is 0. The molecule has 0 bridgehead atoms. The van der Waals surface area contributed by atoms with Gasteiger partial charge in [0.05, 0.1) is 18.7 Å². The smallest absolute Gasteiger partial charge is 0.230 e. The second-order valence-corrected chi connectivity index (χ2v) is 6.47. The second kappa shape index (κ2) is 7.17. The van der Waals surface area contributed by atoms with E-state index in [1.165, 1.54) is 0 Å². The number of piperazine rings is 1. The van der Waals surface area contributed by atoms with Gasteiger partial charge in [0.25, 0.3) is 0 Å². The van der Waals surface area contributed by atoms with Crippen molar-refractivity contribution in [3.63, 3.8) is 0 Å². The Morgan fingerprint density at radius 3 is 2.32 bits per heavy atom. The maximum absolute atomic E-state index is 12.8. The number of benzene rings is 1. The Kier molecular flexibility index (Phi) is 4.97. The van der Waals surface area contributed by atoms with Gasteiger partial charge in [0.15, 0.2) is 0 Å². The maximum atomic E-state index is 12.8. The first-order valence-electron chi connectivity index (χ1n) is 8.61. The van der Waals surface area contributed by atoms with E-state index in [0.717, 1.165) is 54.6 Å². The van der Waals surface area contributed by atoms with Gasteiger partial charge in [-0.15, -0.1) is 0 Å². The van der Waals surface area contributed by atoms with E-state index in [2.05, 4.69) is 22.2 Å². The molecule has 0 N–H and O–H groups in total. The SMILES string of the molecule is COc1ccc(N2CCN(C(=O)[C@@H](C)c3c(C)noc3C)CC2)cc1. The van der Waals surface area contributed by atoms with Gasteiger partial charge in [-0.25, -0.2) is 0 Å². The zero-order valence-corrected chi connectivity index (χ0v) is 15.3. The molecule has 1 atom stereocenters. The number of hydrogen-bond acceptors (Lipinski definition) is 5. The number of amides is 1. The van der Waals surface area contributed by atoms with Crippen molar-refractivity contribution >= 4 is 11.6 Å². The molecule has 2 heterocycles. The highest BCUT2D eigenvalue weighted by molar-refractivity contribution is 5.84. The van der Waals surface area contributed by atoms with E-state index in [-0.39, 0.29) is 11.8 Å². The van der Waals surface area contributed by atoms with Crippen LogP contribution in [0.15, 0.2) is 28.8 Å². The van der Waals surface area contributed by atoms with Crippen LogP contribution in [0.2, 0.25) is 0 Å². The average molecular weight is 343 g/mol. The number of anilines is 1. The number of carbonyl (C=O) groups is 1. The van der Waals surface area contributed by atoms with Crippen molar-refractivity contribution in [3.8, 4) is 5.75 Å². The van der Waals surface area contributed by atoms with E-state index in [1.54, 1.807) is 7.11 Å². The third-order valence-electron chi connectivity index (χ3n) is 4.92. The summed E-state index contributed by atoms with van der Waals surface area (Å²) in [5.41, 5.74) is 2.88. The minimum atomic E-state index is -0.223. The summed E-state index contributed by atoms with van der Waals surface area (Å²) in [6, 6.07) is 8.05. The first kappa shape index (κ1) is 17.3. The number of ether oxygens (including phenoxy) is 1. The third kappa shape index (κ3) is 3.48. The maximum Gasteiger partial charge on any atom is 0.230 e. The summed E-state index contributed by atoms with van der Waals surface area (Å²) in [5, 5.41) is 3.97. The van der Waals surface area contributed by atoms with E-state index in [1.807, 2.05) is 37.8 Å². The molecular formula is C19H25N3O3. The molecular weight excluding hydrogens is 318 g/mol. The van der Waals surface area contributed by atoms with Gasteiger partial charge in [-0.05, 0) is 45.0 Å². The Hall–Kier alpha value is -2.50. The summed E-state index contributed by atoms with van der Waals surface area (Å²) in [4.78, 5) is 17.1.